The number of amides is 1. The van der Waals surface area contributed by atoms with E-state index in [4.69, 9.17) is 13.7 Å². The van der Waals surface area contributed by atoms with Gasteiger partial charge in [-0.1, -0.05) is 36.6 Å². The first-order chi connectivity index (χ1) is 14.1. The van der Waals surface area contributed by atoms with Gasteiger partial charge in [0, 0.05) is 6.92 Å². The number of hydrogen-bond donors (Lipinski definition) is 1. The van der Waals surface area contributed by atoms with Crippen molar-refractivity contribution in [3.8, 4) is 5.75 Å². The first-order valence-electron chi connectivity index (χ1n) is 9.65. The lowest BCUT2D eigenvalue weighted by Gasteiger charge is -2.34. The summed E-state index contributed by atoms with van der Waals surface area (Å²) in [4.78, 5) is 17.2. The van der Waals surface area contributed by atoms with E-state index in [1.165, 1.54) is 12.1 Å². The van der Waals surface area contributed by atoms with Crippen LogP contribution in [0.2, 0.25) is 0 Å². The third kappa shape index (κ3) is 4.16. The zero-order chi connectivity index (χ0) is 20.3. The normalized spacial score (nSPS) is 15.8. The van der Waals surface area contributed by atoms with E-state index < -0.39 is 11.4 Å². The molecule has 2 heterocycles. The Morgan fingerprint density at radius 1 is 1.21 bits per heavy atom. The first kappa shape index (κ1) is 19.2. The van der Waals surface area contributed by atoms with E-state index in [-0.39, 0.29) is 24.0 Å². The molecule has 1 fully saturated rings. The van der Waals surface area contributed by atoms with Gasteiger partial charge in [0.05, 0.1) is 0 Å². The molecule has 1 saturated carbocycles. The quantitative estimate of drug-likeness (QED) is 0.665. The van der Waals surface area contributed by atoms with Crippen molar-refractivity contribution in [1.82, 2.24) is 15.5 Å². The average Bonchev–Trinajstić information content (AvgIpc) is 3.38. The van der Waals surface area contributed by atoms with Crippen molar-refractivity contribution in [2.24, 2.45) is 0 Å². The number of aryl methyl sites for hydroxylation is 1. The number of aromatic nitrogens is 2. The lowest BCUT2D eigenvalue weighted by atomic mass is 9.81. The highest BCUT2D eigenvalue weighted by atomic mass is 19.1. The van der Waals surface area contributed by atoms with E-state index in [2.05, 4.69) is 15.5 Å². The van der Waals surface area contributed by atoms with Gasteiger partial charge in [0.1, 0.15) is 17.9 Å². The van der Waals surface area contributed by atoms with Crippen molar-refractivity contribution in [3.63, 3.8) is 0 Å². The molecule has 0 bridgehead atoms. The van der Waals surface area contributed by atoms with Crippen LogP contribution in [0.3, 0.4) is 0 Å². The predicted octanol–water partition coefficient (Wildman–Crippen LogP) is 4.28. The summed E-state index contributed by atoms with van der Waals surface area (Å²) in [6, 6.07) is 9.34. The van der Waals surface area contributed by atoms with Crippen molar-refractivity contribution >= 4 is 5.91 Å². The van der Waals surface area contributed by atoms with Gasteiger partial charge in [-0.05, 0) is 37.1 Å². The Bertz CT molecular complexity index is 991. The monoisotopic (exact) mass is 399 g/mol. The molecule has 3 aromatic rings. The highest BCUT2D eigenvalue weighted by Crippen LogP contribution is 2.36. The summed E-state index contributed by atoms with van der Waals surface area (Å²) in [7, 11) is 0. The average molecular weight is 399 g/mol. The van der Waals surface area contributed by atoms with E-state index in [0.29, 0.717) is 17.5 Å². The van der Waals surface area contributed by atoms with Gasteiger partial charge in [-0.3, -0.25) is 4.79 Å². The first-order valence-corrected chi connectivity index (χ1v) is 9.65. The molecule has 29 heavy (non-hydrogen) atoms. The molecule has 152 valence electrons. The number of para-hydroxylation sites is 1. The molecule has 0 unspecified atom stereocenters. The van der Waals surface area contributed by atoms with Crippen LogP contribution >= 0.6 is 0 Å². The molecule has 0 atom stereocenters. The molecule has 8 heteroatoms. The second kappa shape index (κ2) is 8.06. The Kier molecular flexibility index (Phi) is 5.33. The lowest BCUT2D eigenvalue weighted by molar-refractivity contribution is 0.0822. The summed E-state index contributed by atoms with van der Waals surface area (Å²) in [5.74, 6) is 0.859. The number of rotatable bonds is 6. The largest absolute Gasteiger partial charge is 0.483 e. The third-order valence-electron chi connectivity index (χ3n) is 5.11. The van der Waals surface area contributed by atoms with Crippen LogP contribution in [-0.2, 0) is 12.1 Å². The second-order valence-corrected chi connectivity index (χ2v) is 7.22. The minimum Gasteiger partial charge on any atom is -0.483 e. The highest BCUT2D eigenvalue weighted by molar-refractivity contribution is 5.92. The van der Waals surface area contributed by atoms with Gasteiger partial charge in [0.15, 0.2) is 23.2 Å². The smallest absolute Gasteiger partial charge is 0.287 e. The van der Waals surface area contributed by atoms with E-state index in [1.807, 2.05) is 0 Å². The van der Waals surface area contributed by atoms with Crippen molar-refractivity contribution < 1.29 is 22.9 Å². The minimum atomic E-state index is -0.663. The fraction of sp³-hybridized carbons (Fsp3) is 0.381. The Labute approximate surface area is 167 Å². The maximum Gasteiger partial charge on any atom is 0.287 e. The van der Waals surface area contributed by atoms with Crippen LogP contribution in [0.5, 0.6) is 5.75 Å². The van der Waals surface area contributed by atoms with Crippen molar-refractivity contribution in [2.45, 2.75) is 51.2 Å². The fourth-order valence-corrected chi connectivity index (χ4v) is 3.62. The lowest BCUT2D eigenvalue weighted by Crippen LogP contribution is -2.48. The fourth-order valence-electron chi connectivity index (χ4n) is 3.62. The van der Waals surface area contributed by atoms with Gasteiger partial charge in [-0.15, -0.1) is 0 Å². The highest BCUT2D eigenvalue weighted by Gasteiger charge is 2.40. The van der Waals surface area contributed by atoms with E-state index >= 15 is 0 Å². The van der Waals surface area contributed by atoms with Crippen molar-refractivity contribution in [3.05, 3.63) is 65.5 Å². The van der Waals surface area contributed by atoms with Crippen molar-refractivity contribution in [1.29, 1.82) is 0 Å². The number of carbonyl (C=O) groups excluding carboxylic acids is 1. The summed E-state index contributed by atoms with van der Waals surface area (Å²) in [5.41, 5.74) is -0.663. The molecule has 0 saturated heterocycles. The zero-order valence-electron chi connectivity index (χ0n) is 16.1. The molecule has 0 spiro atoms. The summed E-state index contributed by atoms with van der Waals surface area (Å²) < 4.78 is 29.8. The van der Waals surface area contributed by atoms with Crippen LogP contribution in [0, 0.1) is 12.7 Å². The maximum atomic E-state index is 13.7. The van der Waals surface area contributed by atoms with Gasteiger partial charge >= 0.3 is 0 Å². The second-order valence-electron chi connectivity index (χ2n) is 7.22. The molecule has 1 amide bonds. The number of nitrogens with zero attached hydrogens (tertiary/aromatic N) is 2. The number of ether oxygens (including phenoxy) is 1. The van der Waals surface area contributed by atoms with E-state index in [9.17, 15) is 9.18 Å². The van der Waals surface area contributed by atoms with Crippen LogP contribution in [-0.4, -0.2) is 16.0 Å². The topological polar surface area (TPSA) is 90.4 Å². The maximum absolute atomic E-state index is 13.7. The van der Waals surface area contributed by atoms with Gasteiger partial charge in [0.25, 0.3) is 5.91 Å². The third-order valence-corrected chi connectivity index (χ3v) is 5.11. The van der Waals surface area contributed by atoms with Gasteiger partial charge < -0.3 is 19.0 Å². The number of hydrogen-bond acceptors (Lipinski definition) is 6. The summed E-state index contributed by atoms with van der Waals surface area (Å²) >= 11 is 0. The summed E-state index contributed by atoms with van der Waals surface area (Å²) in [5, 5.41) is 7.10. The molecule has 0 aliphatic heterocycles. The Morgan fingerprint density at radius 3 is 2.72 bits per heavy atom. The van der Waals surface area contributed by atoms with E-state index in [1.54, 1.807) is 31.2 Å². The van der Waals surface area contributed by atoms with Crippen LogP contribution in [0.25, 0.3) is 0 Å². The van der Waals surface area contributed by atoms with Crippen LogP contribution in [0.1, 0.15) is 60.1 Å². The van der Waals surface area contributed by atoms with Gasteiger partial charge in [0.2, 0.25) is 5.89 Å². The molecule has 7 nitrogen and oxygen atoms in total. The molecule has 1 N–H and O–H groups in total. The molecular formula is C21H22FN3O4. The SMILES string of the molecule is Cc1nc(C2(NC(=O)c3ccc(COc4ccccc4F)o3)CCCCC2)no1. The number of carbonyl (C=O) groups is 1. The van der Waals surface area contributed by atoms with Crippen LogP contribution in [0.15, 0.2) is 45.3 Å². The van der Waals surface area contributed by atoms with Crippen LogP contribution in [0.4, 0.5) is 4.39 Å². The Balaban J connectivity index is 1.46. The molecule has 1 aliphatic rings. The number of benzene rings is 1. The molecule has 1 aliphatic carbocycles. The minimum absolute atomic E-state index is 0.0173. The van der Waals surface area contributed by atoms with Gasteiger partial charge in [-0.25, -0.2) is 4.39 Å². The standard InChI is InChI=1S/C21H22FN3O4/c1-14-23-20(25-29-14)21(11-5-2-6-12-21)24-19(26)18-10-9-15(28-18)13-27-17-8-4-3-7-16(17)22/h3-4,7-10H,2,5-6,11-13H2,1H3,(H,24,26). The number of halogens is 1. The summed E-state index contributed by atoms with van der Waals surface area (Å²) in [6.45, 7) is 1.74. The Morgan fingerprint density at radius 2 is 2.00 bits per heavy atom. The Hall–Kier alpha value is -3.16. The molecule has 0 radical (unpaired) electrons. The molecule has 4 rings (SSSR count). The van der Waals surface area contributed by atoms with Gasteiger partial charge in [-0.2, -0.15) is 4.98 Å². The zero-order valence-corrected chi connectivity index (χ0v) is 16.1. The summed E-state index contributed by atoms with van der Waals surface area (Å²) in [6.07, 6.45) is 4.51. The molecule has 2 aromatic heterocycles. The number of nitrogens with one attached hydrogen (secondary N) is 1. The molecular weight excluding hydrogens is 377 g/mol. The molecule has 1 aromatic carbocycles. The van der Waals surface area contributed by atoms with Crippen molar-refractivity contribution in [2.75, 3.05) is 0 Å². The number of furan rings is 1. The van der Waals surface area contributed by atoms with Crippen LogP contribution < -0.4 is 10.1 Å². The predicted molar refractivity (Wildman–Crippen MR) is 101 cm³/mol. The van der Waals surface area contributed by atoms with E-state index in [0.717, 1.165) is 32.1 Å².